The molecule has 0 N–H and O–H groups in total. The number of halogens is 4. The van der Waals surface area contributed by atoms with Crippen LogP contribution in [0.4, 0.5) is 17.6 Å². The molecule has 0 bridgehead atoms. The molecule has 3 aromatic rings. The summed E-state index contributed by atoms with van der Waals surface area (Å²) in [5, 5.41) is 0. The second-order valence-corrected chi connectivity index (χ2v) is 6.79. The van der Waals surface area contributed by atoms with E-state index in [0.29, 0.717) is 18.1 Å². The SMILES string of the molecule is Cc1cnc(CN(C)CCc2ccccc2)n1-c1ccc(F)c(C(F)(F)F)c1. The van der Waals surface area contributed by atoms with Crippen molar-refractivity contribution >= 4 is 0 Å². The summed E-state index contributed by atoms with van der Waals surface area (Å²) in [5.41, 5.74) is 0.866. The quantitative estimate of drug-likeness (QED) is 0.551. The molecule has 0 aliphatic rings. The number of aromatic nitrogens is 2. The minimum Gasteiger partial charge on any atom is -0.300 e. The predicted molar refractivity (Wildman–Crippen MR) is 99.7 cm³/mol. The zero-order chi connectivity index (χ0) is 20.3. The van der Waals surface area contributed by atoms with Gasteiger partial charge in [0.25, 0.3) is 0 Å². The maximum absolute atomic E-state index is 13.6. The van der Waals surface area contributed by atoms with Gasteiger partial charge in [-0.2, -0.15) is 13.2 Å². The van der Waals surface area contributed by atoms with E-state index in [2.05, 4.69) is 22.0 Å². The van der Waals surface area contributed by atoms with E-state index in [1.54, 1.807) is 17.7 Å². The van der Waals surface area contributed by atoms with E-state index in [9.17, 15) is 17.6 Å². The fourth-order valence-electron chi connectivity index (χ4n) is 3.11. The average molecular weight is 391 g/mol. The molecule has 2 aromatic carbocycles. The fourth-order valence-corrected chi connectivity index (χ4v) is 3.11. The van der Waals surface area contributed by atoms with Crippen LogP contribution in [0.1, 0.15) is 22.6 Å². The van der Waals surface area contributed by atoms with E-state index < -0.39 is 17.6 Å². The van der Waals surface area contributed by atoms with E-state index in [1.807, 2.05) is 25.2 Å². The smallest absolute Gasteiger partial charge is 0.300 e. The first kappa shape index (κ1) is 20.1. The zero-order valence-corrected chi connectivity index (χ0v) is 15.7. The summed E-state index contributed by atoms with van der Waals surface area (Å²) in [6, 6.07) is 13.1. The lowest BCUT2D eigenvalue weighted by Gasteiger charge is -2.19. The molecular formula is C21H21F4N3. The minimum absolute atomic E-state index is 0.246. The van der Waals surface area contributed by atoms with E-state index in [4.69, 9.17) is 0 Å². The van der Waals surface area contributed by atoms with Crippen molar-refractivity contribution in [2.75, 3.05) is 13.6 Å². The molecule has 0 amide bonds. The summed E-state index contributed by atoms with van der Waals surface area (Å²) in [6.07, 6.45) is -2.29. The molecule has 1 aromatic heterocycles. The van der Waals surface area contributed by atoms with Gasteiger partial charge < -0.3 is 0 Å². The van der Waals surface area contributed by atoms with Gasteiger partial charge >= 0.3 is 6.18 Å². The number of nitrogens with zero attached hydrogens (tertiary/aromatic N) is 3. The topological polar surface area (TPSA) is 21.1 Å². The Balaban J connectivity index is 1.80. The Morgan fingerprint density at radius 2 is 1.79 bits per heavy atom. The summed E-state index contributed by atoms with van der Waals surface area (Å²) in [5.74, 6) is -0.677. The first-order chi connectivity index (χ1) is 13.3. The van der Waals surface area contributed by atoms with Crippen molar-refractivity contribution in [2.24, 2.45) is 0 Å². The van der Waals surface area contributed by atoms with Crippen molar-refractivity contribution < 1.29 is 17.6 Å². The van der Waals surface area contributed by atoms with Crippen molar-refractivity contribution in [1.82, 2.24) is 14.5 Å². The summed E-state index contributed by atoms with van der Waals surface area (Å²) in [7, 11) is 1.93. The van der Waals surface area contributed by atoms with Gasteiger partial charge in [0.1, 0.15) is 11.6 Å². The van der Waals surface area contributed by atoms with Crippen molar-refractivity contribution in [3.8, 4) is 5.69 Å². The zero-order valence-electron chi connectivity index (χ0n) is 15.7. The first-order valence-electron chi connectivity index (χ1n) is 8.88. The lowest BCUT2D eigenvalue weighted by atomic mass is 10.1. The van der Waals surface area contributed by atoms with Crippen molar-refractivity contribution in [1.29, 1.82) is 0 Å². The lowest BCUT2D eigenvalue weighted by molar-refractivity contribution is -0.140. The number of rotatable bonds is 6. The van der Waals surface area contributed by atoms with Crippen LogP contribution in [0.25, 0.3) is 5.69 Å². The molecule has 148 valence electrons. The van der Waals surface area contributed by atoms with Gasteiger partial charge in [-0.1, -0.05) is 30.3 Å². The second kappa shape index (κ2) is 8.14. The largest absolute Gasteiger partial charge is 0.419 e. The number of imidazole rings is 1. The molecule has 0 radical (unpaired) electrons. The molecule has 0 aliphatic carbocycles. The average Bonchev–Trinajstić information content (AvgIpc) is 3.00. The fraction of sp³-hybridized carbons (Fsp3) is 0.286. The van der Waals surface area contributed by atoms with E-state index in [-0.39, 0.29) is 5.69 Å². The highest BCUT2D eigenvalue weighted by molar-refractivity contribution is 5.40. The summed E-state index contributed by atoms with van der Waals surface area (Å²) < 4.78 is 54.5. The van der Waals surface area contributed by atoms with Crippen LogP contribution in [-0.2, 0) is 19.1 Å². The van der Waals surface area contributed by atoms with E-state index >= 15 is 0 Å². The molecule has 0 saturated heterocycles. The standard InChI is InChI=1S/C21H21F4N3/c1-15-13-26-20(14-27(2)11-10-16-6-4-3-5-7-16)28(15)17-8-9-19(22)18(12-17)21(23,24)25/h3-9,12-13H,10-11,14H2,1-2H3. The Morgan fingerprint density at radius 3 is 2.46 bits per heavy atom. The molecule has 0 aliphatic heterocycles. The van der Waals surface area contributed by atoms with Gasteiger partial charge in [-0.05, 0) is 44.2 Å². The maximum atomic E-state index is 13.6. The Hall–Kier alpha value is -2.67. The number of likely N-dealkylation sites (N-methyl/N-ethyl adjacent to an activating group) is 1. The lowest BCUT2D eigenvalue weighted by Crippen LogP contribution is -2.23. The van der Waals surface area contributed by atoms with Crippen LogP contribution in [0.2, 0.25) is 0 Å². The summed E-state index contributed by atoms with van der Waals surface area (Å²) in [6.45, 7) is 2.99. The van der Waals surface area contributed by atoms with Crippen LogP contribution >= 0.6 is 0 Å². The third-order valence-corrected chi connectivity index (χ3v) is 4.56. The highest BCUT2D eigenvalue weighted by atomic mass is 19.4. The van der Waals surface area contributed by atoms with Crippen LogP contribution in [0.3, 0.4) is 0 Å². The Bertz CT molecular complexity index is 933. The molecule has 28 heavy (non-hydrogen) atoms. The van der Waals surface area contributed by atoms with Crippen molar-refractivity contribution in [3.05, 3.63) is 83.2 Å². The number of benzene rings is 2. The van der Waals surface area contributed by atoms with Gasteiger partial charge in [-0.15, -0.1) is 0 Å². The van der Waals surface area contributed by atoms with Gasteiger partial charge in [-0.3, -0.25) is 9.47 Å². The van der Waals surface area contributed by atoms with E-state index in [1.165, 1.54) is 11.6 Å². The molecule has 0 atom stereocenters. The van der Waals surface area contributed by atoms with Crippen LogP contribution in [0, 0.1) is 12.7 Å². The molecule has 3 rings (SSSR count). The molecule has 0 saturated carbocycles. The van der Waals surface area contributed by atoms with Gasteiger partial charge in [-0.25, -0.2) is 9.37 Å². The number of hydrogen-bond donors (Lipinski definition) is 0. The van der Waals surface area contributed by atoms with Crippen LogP contribution in [0.15, 0.2) is 54.7 Å². The highest BCUT2D eigenvalue weighted by Gasteiger charge is 2.34. The van der Waals surface area contributed by atoms with Crippen LogP contribution in [-0.4, -0.2) is 28.0 Å². The third kappa shape index (κ3) is 4.59. The monoisotopic (exact) mass is 391 g/mol. The Kier molecular flexibility index (Phi) is 5.84. The molecular weight excluding hydrogens is 370 g/mol. The first-order valence-corrected chi connectivity index (χ1v) is 8.88. The molecule has 0 unspecified atom stereocenters. The number of alkyl halides is 3. The minimum atomic E-state index is -4.75. The summed E-state index contributed by atoms with van der Waals surface area (Å²) >= 11 is 0. The summed E-state index contributed by atoms with van der Waals surface area (Å²) in [4.78, 5) is 6.40. The predicted octanol–water partition coefficient (Wildman–Crippen LogP) is 5.01. The van der Waals surface area contributed by atoms with Crippen molar-refractivity contribution in [3.63, 3.8) is 0 Å². The molecule has 0 fully saturated rings. The van der Waals surface area contributed by atoms with Gasteiger partial charge in [0, 0.05) is 24.1 Å². The Labute approximate surface area is 161 Å². The van der Waals surface area contributed by atoms with Crippen LogP contribution < -0.4 is 0 Å². The van der Waals surface area contributed by atoms with Gasteiger partial charge in [0.05, 0.1) is 12.1 Å². The van der Waals surface area contributed by atoms with Crippen molar-refractivity contribution in [2.45, 2.75) is 26.1 Å². The highest BCUT2D eigenvalue weighted by Crippen LogP contribution is 2.33. The van der Waals surface area contributed by atoms with Gasteiger partial charge in [0.2, 0.25) is 0 Å². The van der Waals surface area contributed by atoms with Crippen LogP contribution in [0.5, 0.6) is 0 Å². The van der Waals surface area contributed by atoms with E-state index in [0.717, 1.165) is 25.1 Å². The maximum Gasteiger partial charge on any atom is 0.419 e. The Morgan fingerprint density at radius 1 is 1.07 bits per heavy atom. The second-order valence-electron chi connectivity index (χ2n) is 6.79. The molecule has 0 spiro atoms. The molecule has 7 heteroatoms. The van der Waals surface area contributed by atoms with Gasteiger partial charge in [0.15, 0.2) is 0 Å². The normalized spacial score (nSPS) is 12.0. The number of aryl methyl sites for hydroxylation is 1. The molecule has 3 nitrogen and oxygen atoms in total. The molecule has 1 heterocycles. The number of hydrogen-bond acceptors (Lipinski definition) is 2. The third-order valence-electron chi connectivity index (χ3n) is 4.56.